The van der Waals surface area contributed by atoms with E-state index in [0.717, 1.165) is 12.2 Å². The zero-order valence-corrected chi connectivity index (χ0v) is 9.16. The van der Waals surface area contributed by atoms with Crippen molar-refractivity contribution in [3.8, 4) is 0 Å². The zero-order chi connectivity index (χ0) is 10.8. The molecule has 0 unspecified atom stereocenters. The second-order valence-corrected chi connectivity index (χ2v) is 3.70. The maximum Gasteiger partial charge on any atom is 0.108 e. The van der Waals surface area contributed by atoms with Gasteiger partial charge in [0.05, 0.1) is 0 Å². The third-order valence-corrected chi connectivity index (χ3v) is 2.80. The van der Waals surface area contributed by atoms with Gasteiger partial charge in [-0.25, -0.2) is 5.90 Å². The van der Waals surface area contributed by atoms with Crippen LogP contribution >= 0.6 is 0 Å². The van der Waals surface area contributed by atoms with Crippen molar-refractivity contribution >= 4 is 10.9 Å². The van der Waals surface area contributed by atoms with Crippen molar-refractivity contribution in [3.05, 3.63) is 35.5 Å². The van der Waals surface area contributed by atoms with Crippen LogP contribution in [0.5, 0.6) is 0 Å². The molecule has 0 radical (unpaired) electrons. The molecule has 0 aliphatic carbocycles. The fraction of sp³-hybridized carbons (Fsp3) is 0.333. The molecule has 3 heteroatoms. The van der Waals surface area contributed by atoms with Crippen LogP contribution in [0.2, 0.25) is 0 Å². The summed E-state index contributed by atoms with van der Waals surface area (Å²) in [4.78, 5) is 4.72. The summed E-state index contributed by atoms with van der Waals surface area (Å²) in [6.07, 6.45) is 0. The van der Waals surface area contributed by atoms with E-state index >= 15 is 0 Å². The van der Waals surface area contributed by atoms with Crippen molar-refractivity contribution in [1.82, 2.24) is 4.57 Å². The molecule has 80 valence electrons. The van der Waals surface area contributed by atoms with Crippen molar-refractivity contribution in [2.75, 3.05) is 0 Å². The van der Waals surface area contributed by atoms with Gasteiger partial charge in [-0.3, -0.25) is 4.84 Å². The number of aryl methyl sites for hydroxylation is 2. The van der Waals surface area contributed by atoms with E-state index in [1.807, 2.05) is 0 Å². The lowest BCUT2D eigenvalue weighted by atomic mass is 10.1. The van der Waals surface area contributed by atoms with E-state index in [2.05, 4.69) is 42.7 Å². The number of benzene rings is 1. The Morgan fingerprint density at radius 2 is 2.20 bits per heavy atom. The highest BCUT2D eigenvalue weighted by atomic mass is 16.6. The predicted molar refractivity (Wildman–Crippen MR) is 61.3 cm³/mol. The summed E-state index contributed by atoms with van der Waals surface area (Å²) in [6.45, 7) is 5.64. The largest absolute Gasteiger partial charge is 0.343 e. The molecule has 0 saturated carbocycles. The molecular formula is C12H16N2O. The first-order valence-corrected chi connectivity index (χ1v) is 5.17. The molecule has 2 aromatic rings. The predicted octanol–water partition coefficient (Wildman–Crippen LogP) is 2.36. The van der Waals surface area contributed by atoms with Crippen LogP contribution in [0.25, 0.3) is 10.9 Å². The summed E-state index contributed by atoms with van der Waals surface area (Å²) in [5, 5.41) is 1.28. The van der Waals surface area contributed by atoms with Gasteiger partial charge in [-0.15, -0.1) is 0 Å². The summed E-state index contributed by atoms with van der Waals surface area (Å²) in [5.41, 5.74) is 3.67. The van der Waals surface area contributed by atoms with Gasteiger partial charge in [0.2, 0.25) is 0 Å². The highest BCUT2D eigenvalue weighted by molar-refractivity contribution is 5.84. The average molecular weight is 204 g/mol. The maximum atomic E-state index is 5.13. The summed E-state index contributed by atoms with van der Waals surface area (Å²) in [5.74, 6) is 5.13. The minimum atomic E-state index is 0.460. The second kappa shape index (κ2) is 4.04. The van der Waals surface area contributed by atoms with Crippen LogP contribution in [0.4, 0.5) is 0 Å². The summed E-state index contributed by atoms with van der Waals surface area (Å²) in [6, 6.07) is 8.49. The molecule has 0 fully saturated rings. The highest BCUT2D eigenvalue weighted by Gasteiger charge is 2.08. The first-order chi connectivity index (χ1) is 7.27. The Labute approximate surface area is 89.4 Å². The quantitative estimate of drug-likeness (QED) is 0.780. The third kappa shape index (κ3) is 1.64. The molecule has 1 heterocycles. The van der Waals surface area contributed by atoms with Gasteiger partial charge in [-0.2, -0.15) is 0 Å². The van der Waals surface area contributed by atoms with E-state index in [9.17, 15) is 0 Å². The molecule has 0 aliphatic rings. The lowest BCUT2D eigenvalue weighted by molar-refractivity contribution is 0.119. The number of aromatic nitrogens is 1. The van der Waals surface area contributed by atoms with Crippen molar-refractivity contribution in [1.29, 1.82) is 0 Å². The van der Waals surface area contributed by atoms with E-state index in [4.69, 9.17) is 10.7 Å². The number of hydrogen-bond donors (Lipinski definition) is 1. The Hall–Kier alpha value is -1.32. The second-order valence-electron chi connectivity index (χ2n) is 3.70. The van der Waals surface area contributed by atoms with Crippen LogP contribution < -0.4 is 5.90 Å². The van der Waals surface area contributed by atoms with Crippen LogP contribution in [0.15, 0.2) is 24.3 Å². The molecule has 0 aliphatic heterocycles. The van der Waals surface area contributed by atoms with Crippen LogP contribution in [0.1, 0.15) is 18.2 Å². The van der Waals surface area contributed by atoms with Gasteiger partial charge in [0.15, 0.2) is 0 Å². The van der Waals surface area contributed by atoms with Gasteiger partial charge in [-0.05, 0) is 31.5 Å². The first-order valence-electron chi connectivity index (χ1n) is 5.17. The van der Waals surface area contributed by atoms with Crippen LogP contribution in [0.3, 0.4) is 0 Å². The number of nitrogens with two attached hydrogens (primary N) is 1. The monoisotopic (exact) mass is 204 g/mol. The molecule has 0 saturated heterocycles. The standard InChI is InChI=1S/C12H16N2O/c1-3-14-10(8-15-13)7-11-9(2)5-4-6-12(11)14/h4-7H,3,8,13H2,1-2H3. The maximum absolute atomic E-state index is 5.13. The average Bonchev–Trinajstić information content (AvgIpc) is 2.58. The van der Waals surface area contributed by atoms with Crippen LogP contribution in [-0.4, -0.2) is 4.57 Å². The Bertz CT molecular complexity index is 474. The fourth-order valence-electron chi connectivity index (χ4n) is 2.07. The van der Waals surface area contributed by atoms with Gasteiger partial charge in [0.1, 0.15) is 6.61 Å². The molecule has 2 N–H and O–H groups in total. The fourth-order valence-corrected chi connectivity index (χ4v) is 2.07. The van der Waals surface area contributed by atoms with E-state index < -0.39 is 0 Å². The van der Waals surface area contributed by atoms with Crippen molar-refractivity contribution in [3.63, 3.8) is 0 Å². The molecule has 0 amide bonds. The van der Waals surface area contributed by atoms with E-state index in [0.29, 0.717) is 6.61 Å². The van der Waals surface area contributed by atoms with E-state index in [-0.39, 0.29) is 0 Å². The van der Waals surface area contributed by atoms with Crippen LogP contribution in [-0.2, 0) is 18.0 Å². The van der Waals surface area contributed by atoms with Crippen molar-refractivity contribution in [2.24, 2.45) is 5.90 Å². The van der Waals surface area contributed by atoms with Crippen molar-refractivity contribution < 1.29 is 4.84 Å². The minimum Gasteiger partial charge on any atom is -0.343 e. The lowest BCUT2D eigenvalue weighted by Gasteiger charge is -2.06. The van der Waals surface area contributed by atoms with Gasteiger partial charge in [0.25, 0.3) is 0 Å². The van der Waals surface area contributed by atoms with Gasteiger partial charge in [0, 0.05) is 23.1 Å². The van der Waals surface area contributed by atoms with Gasteiger partial charge in [-0.1, -0.05) is 12.1 Å². The Kier molecular flexibility index (Phi) is 2.75. The Balaban J connectivity index is 2.67. The summed E-state index contributed by atoms with van der Waals surface area (Å²) < 4.78 is 2.23. The van der Waals surface area contributed by atoms with E-state index in [1.54, 1.807) is 0 Å². The van der Waals surface area contributed by atoms with E-state index in [1.165, 1.54) is 16.5 Å². The topological polar surface area (TPSA) is 40.2 Å². The zero-order valence-electron chi connectivity index (χ0n) is 9.16. The molecule has 0 bridgehead atoms. The normalized spacial score (nSPS) is 11.1. The summed E-state index contributed by atoms with van der Waals surface area (Å²) >= 11 is 0. The molecule has 3 nitrogen and oxygen atoms in total. The van der Waals surface area contributed by atoms with Gasteiger partial charge < -0.3 is 4.57 Å². The summed E-state index contributed by atoms with van der Waals surface area (Å²) in [7, 11) is 0. The number of fused-ring (bicyclic) bond motifs is 1. The Morgan fingerprint density at radius 3 is 2.87 bits per heavy atom. The molecule has 1 aromatic carbocycles. The van der Waals surface area contributed by atoms with Gasteiger partial charge >= 0.3 is 0 Å². The molecule has 15 heavy (non-hydrogen) atoms. The molecule has 0 atom stereocenters. The Morgan fingerprint density at radius 1 is 1.40 bits per heavy atom. The molecular weight excluding hydrogens is 188 g/mol. The molecule has 0 spiro atoms. The number of rotatable bonds is 3. The van der Waals surface area contributed by atoms with Crippen molar-refractivity contribution in [2.45, 2.75) is 27.0 Å². The first kappa shape index (κ1) is 10.2. The molecule has 2 rings (SSSR count). The SMILES string of the molecule is CCn1c(CON)cc2c(C)cccc21. The van der Waals surface area contributed by atoms with Crippen LogP contribution in [0, 0.1) is 6.92 Å². The minimum absolute atomic E-state index is 0.460. The highest BCUT2D eigenvalue weighted by Crippen LogP contribution is 2.23. The number of hydrogen-bond acceptors (Lipinski definition) is 2. The smallest absolute Gasteiger partial charge is 0.108 e. The lowest BCUT2D eigenvalue weighted by Crippen LogP contribution is -2.05. The molecule has 1 aromatic heterocycles. The number of nitrogens with zero attached hydrogens (tertiary/aromatic N) is 1. The third-order valence-electron chi connectivity index (χ3n) is 2.80.